The van der Waals surface area contributed by atoms with Crippen molar-refractivity contribution >= 4 is 11.9 Å². The molecule has 0 bridgehead atoms. The lowest BCUT2D eigenvalue weighted by atomic mass is 9.80. The van der Waals surface area contributed by atoms with Crippen molar-refractivity contribution in [3.63, 3.8) is 0 Å². The van der Waals surface area contributed by atoms with Crippen molar-refractivity contribution in [3.05, 3.63) is 11.1 Å². The van der Waals surface area contributed by atoms with E-state index in [1.54, 1.807) is 0 Å². The van der Waals surface area contributed by atoms with Gasteiger partial charge >= 0.3 is 11.9 Å². The predicted molar refractivity (Wildman–Crippen MR) is 59.5 cm³/mol. The van der Waals surface area contributed by atoms with E-state index in [9.17, 15) is 9.59 Å². The van der Waals surface area contributed by atoms with Crippen LogP contribution in [-0.2, 0) is 14.3 Å². The molecule has 2 aliphatic rings. The normalized spacial score (nSPS) is 23.2. The lowest BCUT2D eigenvalue weighted by Crippen LogP contribution is -2.15. The second kappa shape index (κ2) is 4.40. The zero-order valence-electron chi connectivity index (χ0n) is 9.91. The Labute approximate surface area is 95.9 Å². The highest BCUT2D eigenvalue weighted by atomic mass is 16.6. The molecule has 1 heterocycles. The first kappa shape index (κ1) is 11.4. The molecule has 1 saturated carbocycles. The van der Waals surface area contributed by atoms with Crippen molar-refractivity contribution in [3.8, 4) is 0 Å². The van der Waals surface area contributed by atoms with E-state index in [-0.39, 0.29) is 17.8 Å². The summed E-state index contributed by atoms with van der Waals surface area (Å²) in [5, 5.41) is 0. The van der Waals surface area contributed by atoms with Crippen LogP contribution in [0.5, 0.6) is 0 Å². The zero-order valence-corrected chi connectivity index (χ0v) is 9.91. The summed E-state index contributed by atoms with van der Waals surface area (Å²) < 4.78 is 4.75. The van der Waals surface area contributed by atoms with Gasteiger partial charge in [-0.25, -0.2) is 9.59 Å². The van der Waals surface area contributed by atoms with Crippen molar-refractivity contribution in [1.29, 1.82) is 0 Å². The van der Waals surface area contributed by atoms with Gasteiger partial charge in [-0.3, -0.25) is 0 Å². The topological polar surface area (TPSA) is 43.4 Å². The van der Waals surface area contributed by atoms with Crippen LogP contribution in [0.25, 0.3) is 0 Å². The molecule has 0 spiro atoms. The molecule has 1 fully saturated rings. The van der Waals surface area contributed by atoms with Crippen LogP contribution in [0.2, 0.25) is 0 Å². The third-order valence-corrected chi connectivity index (χ3v) is 3.51. The molecule has 16 heavy (non-hydrogen) atoms. The first-order valence-electron chi connectivity index (χ1n) is 6.12. The van der Waals surface area contributed by atoms with E-state index in [4.69, 9.17) is 4.74 Å². The molecule has 0 unspecified atom stereocenters. The van der Waals surface area contributed by atoms with Crippen LogP contribution in [0.4, 0.5) is 0 Å². The van der Waals surface area contributed by atoms with Crippen LogP contribution in [0.15, 0.2) is 11.1 Å². The first-order valence-corrected chi connectivity index (χ1v) is 6.12. The zero-order chi connectivity index (χ0) is 11.7. The van der Waals surface area contributed by atoms with Gasteiger partial charge in [0.2, 0.25) is 0 Å². The van der Waals surface area contributed by atoms with Crippen molar-refractivity contribution in [1.82, 2.24) is 0 Å². The molecule has 0 radical (unpaired) electrons. The standard InChI is InChI=1S/C13H18O3/c1-8(2)10-11(13(15)16-12(10)14)9-6-4-3-5-7-9/h8-9H,3-7H2,1-2H3. The molecule has 0 saturated heterocycles. The Morgan fingerprint density at radius 2 is 1.69 bits per heavy atom. The number of hydrogen-bond acceptors (Lipinski definition) is 3. The Bertz CT molecular complexity index is 346. The van der Waals surface area contributed by atoms with E-state index in [0.29, 0.717) is 11.1 Å². The Hall–Kier alpha value is -1.12. The van der Waals surface area contributed by atoms with Crippen molar-refractivity contribution < 1.29 is 14.3 Å². The average Bonchev–Trinajstić information content (AvgIpc) is 2.55. The minimum Gasteiger partial charge on any atom is -0.386 e. The molecule has 3 nitrogen and oxygen atoms in total. The van der Waals surface area contributed by atoms with Gasteiger partial charge in [0.15, 0.2) is 0 Å². The second-order valence-electron chi connectivity index (χ2n) is 4.99. The molecule has 0 amide bonds. The molecule has 2 rings (SSSR count). The van der Waals surface area contributed by atoms with Crippen molar-refractivity contribution in [2.45, 2.75) is 46.0 Å². The summed E-state index contributed by atoms with van der Waals surface area (Å²) in [5.74, 6) is -0.470. The summed E-state index contributed by atoms with van der Waals surface area (Å²) in [5.41, 5.74) is 1.30. The smallest absolute Gasteiger partial charge is 0.342 e. The highest BCUT2D eigenvalue weighted by Crippen LogP contribution is 2.37. The lowest BCUT2D eigenvalue weighted by Gasteiger charge is -2.22. The van der Waals surface area contributed by atoms with Crippen molar-refractivity contribution in [2.24, 2.45) is 11.8 Å². The first-order chi connectivity index (χ1) is 7.61. The van der Waals surface area contributed by atoms with Gasteiger partial charge in [-0.2, -0.15) is 0 Å². The number of hydrogen-bond donors (Lipinski definition) is 0. The molecule has 3 heteroatoms. The molecule has 0 atom stereocenters. The number of carbonyl (C=O) groups is 2. The Morgan fingerprint density at radius 3 is 2.25 bits per heavy atom. The van der Waals surface area contributed by atoms with Gasteiger partial charge in [0, 0.05) is 0 Å². The lowest BCUT2D eigenvalue weighted by molar-refractivity contribution is -0.151. The van der Waals surface area contributed by atoms with Crippen LogP contribution < -0.4 is 0 Å². The molecule has 1 aliphatic carbocycles. The fraction of sp³-hybridized carbons (Fsp3) is 0.692. The minimum absolute atomic E-state index is 0.0795. The number of carbonyl (C=O) groups excluding carboxylic acids is 2. The fourth-order valence-corrected chi connectivity index (χ4v) is 2.74. The van der Waals surface area contributed by atoms with Crippen LogP contribution >= 0.6 is 0 Å². The summed E-state index contributed by atoms with van der Waals surface area (Å²) in [7, 11) is 0. The summed E-state index contributed by atoms with van der Waals surface area (Å²) in [6.07, 6.45) is 5.59. The van der Waals surface area contributed by atoms with Gasteiger partial charge in [-0.1, -0.05) is 33.1 Å². The summed E-state index contributed by atoms with van der Waals surface area (Å²) in [6, 6.07) is 0. The monoisotopic (exact) mass is 222 g/mol. The summed E-state index contributed by atoms with van der Waals surface area (Å²) in [4.78, 5) is 23.3. The van der Waals surface area contributed by atoms with Crippen LogP contribution in [-0.4, -0.2) is 11.9 Å². The average molecular weight is 222 g/mol. The van der Waals surface area contributed by atoms with Gasteiger partial charge in [-0.15, -0.1) is 0 Å². The molecule has 88 valence electrons. The molecular formula is C13H18O3. The third-order valence-electron chi connectivity index (χ3n) is 3.51. The summed E-state index contributed by atoms with van der Waals surface area (Å²) >= 11 is 0. The maximum absolute atomic E-state index is 11.7. The Kier molecular flexibility index (Phi) is 3.13. The molecule has 0 aromatic heterocycles. The molecule has 1 aliphatic heterocycles. The van der Waals surface area contributed by atoms with E-state index >= 15 is 0 Å². The van der Waals surface area contributed by atoms with E-state index in [2.05, 4.69) is 0 Å². The second-order valence-corrected chi connectivity index (χ2v) is 4.99. The van der Waals surface area contributed by atoms with Gasteiger partial charge in [-0.05, 0) is 24.7 Å². The van der Waals surface area contributed by atoms with Gasteiger partial charge in [0.1, 0.15) is 0 Å². The number of esters is 2. The van der Waals surface area contributed by atoms with E-state index < -0.39 is 5.97 Å². The van der Waals surface area contributed by atoms with Crippen molar-refractivity contribution in [2.75, 3.05) is 0 Å². The van der Waals surface area contributed by atoms with E-state index in [1.165, 1.54) is 6.42 Å². The SMILES string of the molecule is CC(C)C1=C(C2CCCCC2)C(=O)OC1=O. The van der Waals surface area contributed by atoms with E-state index in [1.807, 2.05) is 13.8 Å². The maximum Gasteiger partial charge on any atom is 0.342 e. The maximum atomic E-state index is 11.7. The van der Waals surface area contributed by atoms with E-state index in [0.717, 1.165) is 25.7 Å². The van der Waals surface area contributed by atoms with Crippen LogP contribution in [0.1, 0.15) is 46.0 Å². The molecule has 0 aromatic carbocycles. The highest BCUT2D eigenvalue weighted by molar-refractivity contribution is 6.12. The van der Waals surface area contributed by atoms with Crippen LogP contribution in [0.3, 0.4) is 0 Å². The van der Waals surface area contributed by atoms with Gasteiger partial charge in [0.05, 0.1) is 11.1 Å². The fourth-order valence-electron chi connectivity index (χ4n) is 2.74. The Balaban J connectivity index is 2.32. The predicted octanol–water partition coefficient (Wildman–Crippen LogP) is 2.60. The van der Waals surface area contributed by atoms with Crippen LogP contribution in [0, 0.1) is 11.8 Å². The number of cyclic esters (lactones) is 2. The summed E-state index contributed by atoms with van der Waals surface area (Å²) in [6.45, 7) is 3.88. The number of ether oxygens (including phenoxy) is 1. The molecular weight excluding hydrogens is 204 g/mol. The largest absolute Gasteiger partial charge is 0.386 e. The highest BCUT2D eigenvalue weighted by Gasteiger charge is 2.38. The Morgan fingerprint density at radius 1 is 1.06 bits per heavy atom. The minimum atomic E-state index is -0.416. The molecule has 0 aromatic rings. The van der Waals surface area contributed by atoms with Gasteiger partial charge < -0.3 is 4.74 Å². The third kappa shape index (κ3) is 1.91. The molecule has 0 N–H and O–H groups in total. The van der Waals surface area contributed by atoms with Gasteiger partial charge in [0.25, 0.3) is 0 Å². The quantitative estimate of drug-likeness (QED) is 0.533. The number of rotatable bonds is 2.